The van der Waals surface area contributed by atoms with Crippen molar-refractivity contribution in [2.24, 2.45) is 11.7 Å². The highest BCUT2D eigenvalue weighted by Gasteiger charge is 2.32. The minimum atomic E-state index is -0.0581. The first-order valence-electron chi connectivity index (χ1n) is 6.77. The van der Waals surface area contributed by atoms with E-state index in [1.807, 2.05) is 0 Å². The molecule has 100 valence electrons. The smallest absolute Gasteiger partial charge is 0.231 e. The summed E-state index contributed by atoms with van der Waals surface area (Å²) in [6, 6.07) is 6.34. The van der Waals surface area contributed by atoms with Crippen molar-refractivity contribution in [1.29, 1.82) is 0 Å². The molecule has 1 fully saturated rings. The van der Waals surface area contributed by atoms with E-state index in [0.717, 1.165) is 0 Å². The summed E-state index contributed by atoms with van der Waals surface area (Å²) in [5.74, 6) is 1.85. The lowest BCUT2D eigenvalue weighted by atomic mass is 10.0. The van der Waals surface area contributed by atoms with Gasteiger partial charge in [-0.15, -0.1) is 0 Å². The molecule has 0 amide bonds. The van der Waals surface area contributed by atoms with Crippen LogP contribution in [0.1, 0.15) is 47.3 Å². The lowest BCUT2D eigenvalue weighted by Crippen LogP contribution is -2.14. The molecule has 0 saturated heterocycles. The molecule has 1 aromatic carbocycles. The molecule has 1 aliphatic rings. The lowest BCUT2D eigenvalue weighted by Gasteiger charge is -2.03. The Hall–Kier alpha value is -1.68. The van der Waals surface area contributed by atoms with Crippen LogP contribution in [0.25, 0.3) is 0 Å². The van der Waals surface area contributed by atoms with Gasteiger partial charge in [0.2, 0.25) is 5.89 Å². The zero-order valence-electron chi connectivity index (χ0n) is 11.4. The molecule has 3 rings (SSSR count). The number of benzene rings is 1. The van der Waals surface area contributed by atoms with Crippen LogP contribution in [0.5, 0.6) is 0 Å². The highest BCUT2D eigenvalue weighted by molar-refractivity contribution is 5.31. The van der Waals surface area contributed by atoms with Crippen molar-refractivity contribution < 1.29 is 4.52 Å². The molecule has 0 bridgehead atoms. The fraction of sp³-hybridized carbons (Fsp3) is 0.467. The van der Waals surface area contributed by atoms with E-state index in [1.54, 1.807) is 0 Å². The van der Waals surface area contributed by atoms with E-state index < -0.39 is 0 Å². The minimum Gasteiger partial charge on any atom is -0.339 e. The lowest BCUT2D eigenvalue weighted by molar-refractivity contribution is 0.373. The second kappa shape index (κ2) is 4.78. The number of rotatable bonds is 4. The van der Waals surface area contributed by atoms with E-state index in [2.05, 4.69) is 42.2 Å². The van der Waals surface area contributed by atoms with E-state index in [1.165, 1.54) is 29.5 Å². The fourth-order valence-corrected chi connectivity index (χ4v) is 2.23. The van der Waals surface area contributed by atoms with Crippen molar-refractivity contribution in [3.8, 4) is 0 Å². The maximum Gasteiger partial charge on any atom is 0.231 e. The normalized spacial score (nSPS) is 16.6. The Kier molecular flexibility index (Phi) is 3.11. The van der Waals surface area contributed by atoms with E-state index in [4.69, 9.17) is 10.3 Å². The maximum atomic E-state index is 6.07. The number of nitrogens with zero attached hydrogens (tertiary/aromatic N) is 2. The number of nitrogens with two attached hydrogens (primary N) is 1. The molecule has 2 aromatic rings. The van der Waals surface area contributed by atoms with Gasteiger partial charge in [-0.1, -0.05) is 23.4 Å². The predicted octanol–water partition coefficient (Wildman–Crippen LogP) is 2.69. The molecule has 0 aliphatic heterocycles. The van der Waals surface area contributed by atoms with Gasteiger partial charge in [0.15, 0.2) is 5.82 Å². The molecule has 19 heavy (non-hydrogen) atoms. The average Bonchev–Trinajstić information content (AvgIpc) is 3.14. The third-order valence-corrected chi connectivity index (χ3v) is 3.84. The summed E-state index contributed by atoms with van der Waals surface area (Å²) < 4.78 is 5.30. The average molecular weight is 257 g/mol. The Morgan fingerprint density at radius 2 is 2.11 bits per heavy atom. The van der Waals surface area contributed by atoms with E-state index >= 15 is 0 Å². The third-order valence-electron chi connectivity index (χ3n) is 3.84. The number of aromatic nitrogens is 2. The van der Waals surface area contributed by atoms with Crippen molar-refractivity contribution in [3.05, 3.63) is 46.6 Å². The van der Waals surface area contributed by atoms with Gasteiger partial charge in [-0.3, -0.25) is 0 Å². The molecule has 2 N–H and O–H groups in total. The van der Waals surface area contributed by atoms with E-state index in [-0.39, 0.29) is 6.04 Å². The van der Waals surface area contributed by atoms with Gasteiger partial charge in [-0.05, 0) is 49.3 Å². The van der Waals surface area contributed by atoms with Gasteiger partial charge in [0.25, 0.3) is 0 Å². The monoisotopic (exact) mass is 257 g/mol. The quantitative estimate of drug-likeness (QED) is 0.914. The van der Waals surface area contributed by atoms with Crippen molar-refractivity contribution >= 4 is 0 Å². The minimum absolute atomic E-state index is 0.0581. The Labute approximate surface area is 113 Å². The summed E-state index contributed by atoms with van der Waals surface area (Å²) in [5.41, 5.74) is 9.84. The van der Waals surface area contributed by atoms with Crippen LogP contribution in [0.15, 0.2) is 22.7 Å². The largest absolute Gasteiger partial charge is 0.339 e. The zero-order valence-corrected chi connectivity index (χ0v) is 11.4. The van der Waals surface area contributed by atoms with Gasteiger partial charge >= 0.3 is 0 Å². The molecule has 1 aliphatic carbocycles. The zero-order chi connectivity index (χ0) is 13.4. The molecule has 1 heterocycles. The Morgan fingerprint density at radius 3 is 2.79 bits per heavy atom. The van der Waals surface area contributed by atoms with Crippen molar-refractivity contribution in [3.63, 3.8) is 0 Å². The summed E-state index contributed by atoms with van der Waals surface area (Å²) in [7, 11) is 0. The number of hydrogen-bond acceptors (Lipinski definition) is 4. The summed E-state index contributed by atoms with van der Waals surface area (Å²) >= 11 is 0. The molecule has 4 heteroatoms. The molecule has 0 radical (unpaired) electrons. The van der Waals surface area contributed by atoms with Crippen LogP contribution in [0.3, 0.4) is 0 Å². The van der Waals surface area contributed by atoms with Crippen LogP contribution in [-0.4, -0.2) is 10.1 Å². The predicted molar refractivity (Wildman–Crippen MR) is 72.7 cm³/mol. The van der Waals surface area contributed by atoms with Crippen LogP contribution in [0, 0.1) is 19.8 Å². The standard InChI is InChI=1S/C15H19N3O/c1-9-3-4-11(7-10(9)2)8-13-17-15(18-19-13)14(16)12-5-6-12/h3-4,7,12,14H,5-6,8,16H2,1-2H3. The summed E-state index contributed by atoms with van der Waals surface area (Å²) in [5, 5.41) is 4.00. The van der Waals surface area contributed by atoms with Crippen LogP contribution in [0.4, 0.5) is 0 Å². The molecular weight excluding hydrogens is 238 g/mol. The van der Waals surface area contributed by atoms with Crippen molar-refractivity contribution in [2.45, 2.75) is 39.2 Å². The van der Waals surface area contributed by atoms with Gasteiger partial charge in [-0.25, -0.2) is 0 Å². The maximum absolute atomic E-state index is 6.07. The van der Waals surface area contributed by atoms with Crippen molar-refractivity contribution in [1.82, 2.24) is 10.1 Å². The molecule has 1 aromatic heterocycles. The van der Waals surface area contributed by atoms with Gasteiger partial charge in [0, 0.05) is 0 Å². The summed E-state index contributed by atoms with van der Waals surface area (Å²) in [6.07, 6.45) is 3.04. The second-order valence-electron chi connectivity index (χ2n) is 5.50. The van der Waals surface area contributed by atoms with Gasteiger partial charge in [0.05, 0.1) is 12.5 Å². The molecular formula is C15H19N3O. The van der Waals surface area contributed by atoms with Crippen LogP contribution >= 0.6 is 0 Å². The second-order valence-corrected chi connectivity index (χ2v) is 5.50. The Bertz CT molecular complexity index is 587. The topological polar surface area (TPSA) is 64.9 Å². The van der Waals surface area contributed by atoms with E-state index in [9.17, 15) is 0 Å². The molecule has 1 atom stereocenters. The first-order chi connectivity index (χ1) is 9.13. The first kappa shape index (κ1) is 12.4. The van der Waals surface area contributed by atoms with E-state index in [0.29, 0.717) is 24.1 Å². The Balaban J connectivity index is 1.74. The summed E-state index contributed by atoms with van der Waals surface area (Å²) in [6.45, 7) is 4.22. The van der Waals surface area contributed by atoms with Gasteiger partial charge in [-0.2, -0.15) is 4.98 Å². The van der Waals surface area contributed by atoms with Crippen LogP contribution in [0.2, 0.25) is 0 Å². The molecule has 0 spiro atoms. The number of aryl methyl sites for hydroxylation is 2. The fourth-order valence-electron chi connectivity index (χ4n) is 2.23. The number of hydrogen-bond donors (Lipinski definition) is 1. The molecule has 4 nitrogen and oxygen atoms in total. The highest BCUT2D eigenvalue weighted by atomic mass is 16.5. The third kappa shape index (κ3) is 2.68. The van der Waals surface area contributed by atoms with Crippen LogP contribution in [-0.2, 0) is 6.42 Å². The molecule has 1 unspecified atom stereocenters. The summed E-state index contributed by atoms with van der Waals surface area (Å²) in [4.78, 5) is 4.42. The van der Waals surface area contributed by atoms with Crippen LogP contribution < -0.4 is 5.73 Å². The van der Waals surface area contributed by atoms with Gasteiger partial charge < -0.3 is 10.3 Å². The highest BCUT2D eigenvalue weighted by Crippen LogP contribution is 2.38. The Morgan fingerprint density at radius 1 is 1.32 bits per heavy atom. The first-order valence-corrected chi connectivity index (χ1v) is 6.77. The van der Waals surface area contributed by atoms with Crippen molar-refractivity contribution in [2.75, 3.05) is 0 Å². The SMILES string of the molecule is Cc1ccc(Cc2nc(C(N)C3CC3)no2)cc1C. The van der Waals surface area contributed by atoms with Gasteiger partial charge in [0.1, 0.15) is 0 Å². The molecule has 1 saturated carbocycles.